The molecule has 132 valence electrons. The van der Waals surface area contributed by atoms with Gasteiger partial charge < -0.3 is 14.2 Å². The van der Waals surface area contributed by atoms with Gasteiger partial charge in [0.05, 0.1) is 18.2 Å². The number of carbonyl (C=O) groups excluding carboxylic acids is 1. The van der Waals surface area contributed by atoms with Gasteiger partial charge in [0, 0.05) is 25.5 Å². The zero-order chi connectivity index (χ0) is 17.2. The zero-order valence-electron chi connectivity index (χ0n) is 14.7. The van der Waals surface area contributed by atoms with E-state index in [1.165, 1.54) is 12.8 Å². The van der Waals surface area contributed by atoms with E-state index in [9.17, 15) is 4.79 Å². The number of amides is 1. The first-order chi connectivity index (χ1) is 12.2. The lowest BCUT2D eigenvalue weighted by Gasteiger charge is -2.34. The summed E-state index contributed by atoms with van der Waals surface area (Å²) in [5.74, 6) is 2.48. The van der Waals surface area contributed by atoms with Crippen LogP contribution in [-0.4, -0.2) is 40.1 Å². The number of aromatic nitrogens is 2. The highest BCUT2D eigenvalue weighted by Crippen LogP contribution is 2.31. The smallest absolute Gasteiger partial charge is 0.257 e. The average molecular weight is 339 g/mol. The molecule has 1 aliphatic heterocycles. The van der Waals surface area contributed by atoms with Gasteiger partial charge in [0.15, 0.2) is 0 Å². The van der Waals surface area contributed by atoms with Crippen LogP contribution < -0.4 is 4.74 Å². The fraction of sp³-hybridized carbons (Fsp3) is 0.500. The quantitative estimate of drug-likeness (QED) is 0.838. The zero-order valence-corrected chi connectivity index (χ0v) is 14.7. The Morgan fingerprint density at radius 1 is 1.28 bits per heavy atom. The van der Waals surface area contributed by atoms with Gasteiger partial charge in [0.25, 0.3) is 5.91 Å². The number of hydrogen-bond acceptors (Lipinski definition) is 3. The maximum atomic E-state index is 13.1. The Hall–Kier alpha value is -2.30. The number of hydrogen-bond donors (Lipinski definition) is 0. The molecule has 5 nitrogen and oxygen atoms in total. The molecule has 1 atom stereocenters. The first kappa shape index (κ1) is 16.2. The number of ether oxygens (including phenoxy) is 1. The molecule has 2 aromatic rings. The largest absolute Gasteiger partial charge is 0.492 e. The Kier molecular flexibility index (Phi) is 4.47. The van der Waals surface area contributed by atoms with Gasteiger partial charge in [-0.1, -0.05) is 12.1 Å². The Morgan fingerprint density at radius 3 is 2.88 bits per heavy atom. The van der Waals surface area contributed by atoms with E-state index in [0.717, 1.165) is 44.1 Å². The molecule has 0 bridgehead atoms. The van der Waals surface area contributed by atoms with Crippen LogP contribution in [0, 0.1) is 12.8 Å². The maximum absolute atomic E-state index is 13.1. The number of benzene rings is 1. The average Bonchev–Trinajstić information content (AvgIpc) is 3.39. The summed E-state index contributed by atoms with van der Waals surface area (Å²) >= 11 is 0. The van der Waals surface area contributed by atoms with Gasteiger partial charge in [-0.25, -0.2) is 4.98 Å². The highest BCUT2D eigenvalue weighted by Gasteiger charge is 2.28. The Labute approximate surface area is 148 Å². The number of carbonyl (C=O) groups is 1. The summed E-state index contributed by atoms with van der Waals surface area (Å²) in [6, 6.07) is 7.96. The second-order valence-corrected chi connectivity index (χ2v) is 7.18. The molecule has 0 spiro atoms. The second kappa shape index (κ2) is 6.90. The van der Waals surface area contributed by atoms with Crippen molar-refractivity contribution in [2.24, 2.45) is 5.92 Å². The van der Waals surface area contributed by atoms with E-state index in [2.05, 4.69) is 9.55 Å². The van der Waals surface area contributed by atoms with Crippen molar-refractivity contribution in [2.45, 2.75) is 38.6 Å². The van der Waals surface area contributed by atoms with Crippen molar-refractivity contribution in [3.05, 3.63) is 48.0 Å². The Balaban J connectivity index is 1.49. The summed E-state index contributed by atoms with van der Waals surface area (Å²) in [5.41, 5.74) is 0.686. The van der Waals surface area contributed by atoms with Crippen LogP contribution in [0.1, 0.15) is 47.9 Å². The SMILES string of the molecule is Cc1nccn1[C@@H]1CCCN(C(=O)c2ccccc2OCC2CC2)C1. The number of piperidine rings is 1. The van der Waals surface area contributed by atoms with Crippen molar-refractivity contribution in [2.75, 3.05) is 19.7 Å². The highest BCUT2D eigenvalue weighted by molar-refractivity contribution is 5.97. The fourth-order valence-electron chi connectivity index (χ4n) is 3.57. The number of likely N-dealkylation sites (tertiary alicyclic amines) is 1. The molecule has 2 fully saturated rings. The normalized spacial score (nSPS) is 20.5. The van der Waals surface area contributed by atoms with Gasteiger partial charge >= 0.3 is 0 Å². The van der Waals surface area contributed by atoms with Crippen molar-refractivity contribution < 1.29 is 9.53 Å². The molecule has 0 N–H and O–H groups in total. The molecular formula is C20H25N3O2. The number of rotatable bonds is 5. The lowest BCUT2D eigenvalue weighted by Crippen LogP contribution is -2.41. The minimum atomic E-state index is 0.0777. The standard InChI is InChI=1S/C20H25N3O2/c1-15-21-10-12-23(15)17-5-4-11-22(13-17)20(24)18-6-2-3-7-19(18)25-14-16-8-9-16/h2-3,6-7,10,12,16-17H,4-5,8-9,11,13-14H2,1H3/t17-/m1/s1. The lowest BCUT2D eigenvalue weighted by atomic mass is 10.0. The minimum absolute atomic E-state index is 0.0777. The third kappa shape index (κ3) is 3.55. The van der Waals surface area contributed by atoms with Crippen molar-refractivity contribution in [3.63, 3.8) is 0 Å². The number of para-hydroxylation sites is 1. The fourth-order valence-corrected chi connectivity index (χ4v) is 3.57. The molecule has 1 aromatic carbocycles. The van der Waals surface area contributed by atoms with Crippen LogP contribution >= 0.6 is 0 Å². The molecule has 0 radical (unpaired) electrons. The molecule has 4 rings (SSSR count). The molecule has 0 unspecified atom stereocenters. The molecule has 5 heteroatoms. The number of nitrogens with zero attached hydrogens (tertiary/aromatic N) is 3. The lowest BCUT2D eigenvalue weighted by molar-refractivity contribution is 0.0673. The molecule has 2 heterocycles. The van der Waals surface area contributed by atoms with Crippen LogP contribution in [0.5, 0.6) is 5.75 Å². The molecule has 1 aromatic heterocycles. The van der Waals surface area contributed by atoms with E-state index in [4.69, 9.17) is 4.74 Å². The first-order valence-electron chi connectivity index (χ1n) is 9.23. The van der Waals surface area contributed by atoms with Gasteiger partial charge in [-0.15, -0.1) is 0 Å². The van der Waals surface area contributed by atoms with E-state index in [0.29, 0.717) is 17.5 Å². The van der Waals surface area contributed by atoms with Gasteiger partial charge in [-0.05, 0) is 50.7 Å². The van der Waals surface area contributed by atoms with E-state index in [1.54, 1.807) is 0 Å². The van der Waals surface area contributed by atoms with Gasteiger partial charge in [-0.2, -0.15) is 0 Å². The third-order valence-corrected chi connectivity index (χ3v) is 5.23. The van der Waals surface area contributed by atoms with Gasteiger partial charge in [0.1, 0.15) is 11.6 Å². The van der Waals surface area contributed by atoms with Crippen molar-refractivity contribution in [3.8, 4) is 5.75 Å². The minimum Gasteiger partial charge on any atom is -0.492 e. The number of aryl methyl sites for hydroxylation is 1. The molecule has 1 saturated heterocycles. The van der Waals surface area contributed by atoms with E-state index in [-0.39, 0.29) is 5.91 Å². The summed E-state index contributed by atoms with van der Waals surface area (Å²) in [6.45, 7) is 4.27. The molecule has 25 heavy (non-hydrogen) atoms. The van der Waals surface area contributed by atoms with E-state index < -0.39 is 0 Å². The van der Waals surface area contributed by atoms with Crippen LogP contribution in [0.4, 0.5) is 0 Å². The molecule has 1 saturated carbocycles. The van der Waals surface area contributed by atoms with Crippen LogP contribution in [0.2, 0.25) is 0 Å². The highest BCUT2D eigenvalue weighted by atomic mass is 16.5. The van der Waals surface area contributed by atoms with Gasteiger partial charge in [0.2, 0.25) is 0 Å². The van der Waals surface area contributed by atoms with Crippen LogP contribution in [-0.2, 0) is 0 Å². The van der Waals surface area contributed by atoms with E-state index >= 15 is 0 Å². The molecule has 2 aliphatic rings. The summed E-state index contributed by atoms with van der Waals surface area (Å²) in [7, 11) is 0. The summed E-state index contributed by atoms with van der Waals surface area (Å²) in [5, 5.41) is 0. The Bertz CT molecular complexity index is 751. The predicted molar refractivity (Wildman–Crippen MR) is 95.8 cm³/mol. The number of imidazole rings is 1. The van der Waals surface area contributed by atoms with Crippen LogP contribution in [0.3, 0.4) is 0 Å². The third-order valence-electron chi connectivity index (χ3n) is 5.23. The molecule has 1 amide bonds. The monoisotopic (exact) mass is 339 g/mol. The predicted octanol–water partition coefficient (Wildman–Crippen LogP) is 3.46. The molecule has 1 aliphatic carbocycles. The van der Waals surface area contributed by atoms with Crippen LogP contribution in [0.15, 0.2) is 36.7 Å². The second-order valence-electron chi connectivity index (χ2n) is 7.18. The summed E-state index contributed by atoms with van der Waals surface area (Å²) < 4.78 is 8.12. The van der Waals surface area contributed by atoms with Crippen molar-refractivity contribution >= 4 is 5.91 Å². The Morgan fingerprint density at radius 2 is 2.12 bits per heavy atom. The topological polar surface area (TPSA) is 47.4 Å². The summed E-state index contributed by atoms with van der Waals surface area (Å²) in [6.07, 6.45) is 8.43. The summed E-state index contributed by atoms with van der Waals surface area (Å²) in [4.78, 5) is 19.4. The van der Waals surface area contributed by atoms with Crippen LogP contribution in [0.25, 0.3) is 0 Å². The van der Waals surface area contributed by atoms with E-state index in [1.807, 2.05) is 48.5 Å². The maximum Gasteiger partial charge on any atom is 0.257 e. The molecular weight excluding hydrogens is 314 g/mol. The van der Waals surface area contributed by atoms with Gasteiger partial charge in [-0.3, -0.25) is 4.79 Å². The van der Waals surface area contributed by atoms with Crippen molar-refractivity contribution in [1.29, 1.82) is 0 Å². The van der Waals surface area contributed by atoms with Crippen molar-refractivity contribution in [1.82, 2.24) is 14.5 Å². The first-order valence-corrected chi connectivity index (χ1v) is 9.23.